The van der Waals surface area contributed by atoms with Gasteiger partial charge in [-0.15, -0.1) is 0 Å². The minimum Gasteiger partial charge on any atom is -0.400 e. The molecule has 5 heteroatoms. The summed E-state index contributed by atoms with van der Waals surface area (Å²) in [6.45, 7) is 1.69. The summed E-state index contributed by atoms with van der Waals surface area (Å²) in [6, 6.07) is 10.00. The van der Waals surface area contributed by atoms with Gasteiger partial charge in [-0.2, -0.15) is 0 Å². The van der Waals surface area contributed by atoms with Crippen LogP contribution in [0.3, 0.4) is 0 Å². The predicted molar refractivity (Wildman–Crippen MR) is 98.0 cm³/mol. The highest BCUT2D eigenvalue weighted by Gasteiger charge is 2.40. The second kappa shape index (κ2) is 11.4. The van der Waals surface area contributed by atoms with Crippen molar-refractivity contribution in [2.24, 2.45) is 11.8 Å². The van der Waals surface area contributed by atoms with Crippen LogP contribution in [-0.2, 0) is 6.42 Å². The lowest BCUT2D eigenvalue weighted by atomic mass is 9.88. The molecule has 0 heterocycles. The molecule has 1 aliphatic rings. The van der Waals surface area contributed by atoms with Crippen molar-refractivity contribution in [2.75, 3.05) is 7.11 Å². The summed E-state index contributed by atoms with van der Waals surface area (Å²) in [6.07, 6.45) is 3.40. The van der Waals surface area contributed by atoms with Crippen LogP contribution in [0.15, 0.2) is 42.5 Å². The Morgan fingerprint density at radius 2 is 1.72 bits per heavy atom. The fourth-order valence-electron chi connectivity index (χ4n) is 3.41. The first kappa shape index (κ1) is 21.8. The second-order valence-electron chi connectivity index (χ2n) is 6.67. The smallest absolute Gasteiger partial charge is 0.0724 e. The van der Waals surface area contributed by atoms with Gasteiger partial charge >= 0.3 is 0 Å². The maximum absolute atomic E-state index is 10.1. The molecule has 1 saturated carbocycles. The second-order valence-corrected chi connectivity index (χ2v) is 6.67. The Kier molecular flexibility index (Phi) is 9.93. The molecule has 0 saturated heterocycles. The fraction of sp³-hybridized carbons (Fsp3) is 0.600. The zero-order valence-electron chi connectivity index (χ0n) is 15.1. The van der Waals surface area contributed by atoms with E-state index in [0.717, 1.165) is 13.5 Å². The van der Waals surface area contributed by atoms with E-state index in [2.05, 4.69) is 0 Å². The standard InChI is InChI=1S/C19H28O4.CH4O/c1-13(20)11-17-16(18(22)12-19(17)23)10-9-15(21)8-7-14-5-3-2-4-6-14;1-2/h2-6,9-10,13,15-23H,7-8,11-12H2,1H3;2H,1H3/b10-9+;/t13?,15-,16?,17+,18+,19-;/m0./s1. The molecule has 2 rings (SSSR count). The maximum atomic E-state index is 10.1. The van der Waals surface area contributed by atoms with E-state index in [1.165, 1.54) is 5.56 Å². The fourth-order valence-corrected chi connectivity index (χ4v) is 3.41. The number of hydrogen-bond donors (Lipinski definition) is 5. The average molecular weight is 352 g/mol. The topological polar surface area (TPSA) is 101 Å². The predicted octanol–water partition coefficient (Wildman–Crippen LogP) is 1.27. The molecule has 0 radical (unpaired) electrons. The van der Waals surface area contributed by atoms with Gasteiger partial charge in [-0.1, -0.05) is 42.5 Å². The summed E-state index contributed by atoms with van der Waals surface area (Å²) in [5.41, 5.74) is 1.18. The SMILES string of the molecule is CC(O)C[C@@H]1C(/C=C/[C@@H](O)CCc2ccccc2)[C@H](O)C[C@@H]1O.CO. The van der Waals surface area contributed by atoms with Crippen LogP contribution in [0.1, 0.15) is 31.7 Å². The van der Waals surface area contributed by atoms with Crippen molar-refractivity contribution in [3.63, 3.8) is 0 Å². The van der Waals surface area contributed by atoms with Gasteiger partial charge in [-0.25, -0.2) is 0 Å². The van der Waals surface area contributed by atoms with Crippen LogP contribution >= 0.6 is 0 Å². The third kappa shape index (κ3) is 7.26. The summed E-state index contributed by atoms with van der Waals surface area (Å²) >= 11 is 0. The first-order valence-electron chi connectivity index (χ1n) is 8.86. The highest BCUT2D eigenvalue weighted by Crippen LogP contribution is 2.36. The van der Waals surface area contributed by atoms with Gasteiger partial charge in [-0.3, -0.25) is 0 Å². The molecule has 1 aromatic rings. The first-order chi connectivity index (χ1) is 12.0. The molecule has 25 heavy (non-hydrogen) atoms. The van der Waals surface area contributed by atoms with E-state index in [1.54, 1.807) is 13.0 Å². The number of benzene rings is 1. The van der Waals surface area contributed by atoms with Crippen molar-refractivity contribution in [1.29, 1.82) is 0 Å². The highest BCUT2D eigenvalue weighted by molar-refractivity contribution is 5.15. The van der Waals surface area contributed by atoms with E-state index < -0.39 is 24.4 Å². The van der Waals surface area contributed by atoms with Crippen LogP contribution in [0.5, 0.6) is 0 Å². The number of aliphatic hydroxyl groups is 5. The Morgan fingerprint density at radius 3 is 2.32 bits per heavy atom. The molecule has 0 aliphatic heterocycles. The molecular formula is C20H32O5. The molecular weight excluding hydrogens is 320 g/mol. The van der Waals surface area contributed by atoms with Crippen LogP contribution in [0.25, 0.3) is 0 Å². The Labute approximate surface area is 150 Å². The molecule has 1 fully saturated rings. The molecule has 2 unspecified atom stereocenters. The molecule has 5 nitrogen and oxygen atoms in total. The molecule has 5 N–H and O–H groups in total. The molecule has 6 atom stereocenters. The van der Waals surface area contributed by atoms with Crippen molar-refractivity contribution in [1.82, 2.24) is 0 Å². The van der Waals surface area contributed by atoms with Gasteiger partial charge < -0.3 is 25.5 Å². The molecule has 1 aliphatic carbocycles. The quantitative estimate of drug-likeness (QED) is 0.476. The summed E-state index contributed by atoms with van der Waals surface area (Å²) in [5, 5.41) is 46.8. The Bertz CT molecular complexity index is 488. The van der Waals surface area contributed by atoms with Gasteiger partial charge in [0, 0.05) is 19.4 Å². The third-order valence-electron chi connectivity index (χ3n) is 4.66. The summed E-state index contributed by atoms with van der Waals surface area (Å²) in [7, 11) is 1.00. The van der Waals surface area contributed by atoms with E-state index in [0.29, 0.717) is 19.3 Å². The Morgan fingerprint density at radius 1 is 1.08 bits per heavy atom. The zero-order valence-corrected chi connectivity index (χ0v) is 15.1. The van der Waals surface area contributed by atoms with Gasteiger partial charge in [0.15, 0.2) is 0 Å². The molecule has 142 valence electrons. The molecule has 0 aromatic heterocycles. The lowest BCUT2D eigenvalue weighted by Gasteiger charge is -2.22. The molecule has 1 aromatic carbocycles. The van der Waals surface area contributed by atoms with Crippen LogP contribution in [-0.4, -0.2) is 57.1 Å². The van der Waals surface area contributed by atoms with Crippen molar-refractivity contribution < 1.29 is 25.5 Å². The van der Waals surface area contributed by atoms with Crippen LogP contribution in [0.4, 0.5) is 0 Å². The van der Waals surface area contributed by atoms with Gasteiger partial charge in [-0.05, 0) is 37.7 Å². The van der Waals surface area contributed by atoms with Crippen molar-refractivity contribution in [3.05, 3.63) is 48.0 Å². The monoisotopic (exact) mass is 352 g/mol. The minimum atomic E-state index is -0.619. The average Bonchev–Trinajstić information content (AvgIpc) is 2.86. The number of hydrogen-bond acceptors (Lipinski definition) is 5. The zero-order chi connectivity index (χ0) is 18.8. The van der Waals surface area contributed by atoms with E-state index in [4.69, 9.17) is 5.11 Å². The Balaban J connectivity index is 0.00000151. The van der Waals surface area contributed by atoms with Crippen LogP contribution in [0, 0.1) is 11.8 Å². The third-order valence-corrected chi connectivity index (χ3v) is 4.66. The van der Waals surface area contributed by atoms with Crippen molar-refractivity contribution >= 4 is 0 Å². The van der Waals surface area contributed by atoms with Crippen molar-refractivity contribution in [2.45, 2.75) is 57.0 Å². The largest absolute Gasteiger partial charge is 0.400 e. The Hall–Kier alpha value is -1.24. The summed E-state index contributed by atoms with van der Waals surface area (Å²) in [4.78, 5) is 0. The van der Waals surface area contributed by atoms with Crippen molar-refractivity contribution in [3.8, 4) is 0 Å². The van der Waals surface area contributed by atoms with E-state index in [9.17, 15) is 20.4 Å². The summed E-state index contributed by atoms with van der Waals surface area (Å²) in [5.74, 6) is -0.381. The van der Waals surface area contributed by atoms with E-state index in [-0.39, 0.29) is 11.8 Å². The van der Waals surface area contributed by atoms with E-state index in [1.807, 2.05) is 36.4 Å². The lowest BCUT2D eigenvalue weighted by Crippen LogP contribution is -2.24. The van der Waals surface area contributed by atoms with Gasteiger partial charge in [0.25, 0.3) is 0 Å². The first-order valence-corrected chi connectivity index (χ1v) is 8.86. The molecule has 0 amide bonds. The van der Waals surface area contributed by atoms with Gasteiger partial charge in [0.2, 0.25) is 0 Å². The molecule has 0 spiro atoms. The number of aliphatic hydroxyl groups excluding tert-OH is 5. The maximum Gasteiger partial charge on any atom is 0.0724 e. The van der Waals surface area contributed by atoms with Crippen LogP contribution in [0.2, 0.25) is 0 Å². The van der Waals surface area contributed by atoms with Gasteiger partial charge in [0.05, 0.1) is 24.4 Å². The van der Waals surface area contributed by atoms with E-state index >= 15 is 0 Å². The normalized spacial score (nSPS) is 28.4. The molecule has 0 bridgehead atoms. The number of rotatable bonds is 7. The number of aryl methyl sites for hydroxylation is 1. The minimum absolute atomic E-state index is 0.164. The van der Waals surface area contributed by atoms with Gasteiger partial charge in [0.1, 0.15) is 0 Å². The lowest BCUT2D eigenvalue weighted by molar-refractivity contribution is 0.0772. The van der Waals surface area contributed by atoms with Crippen LogP contribution < -0.4 is 0 Å². The summed E-state index contributed by atoms with van der Waals surface area (Å²) < 4.78 is 0. The highest BCUT2D eigenvalue weighted by atomic mass is 16.3.